The van der Waals surface area contributed by atoms with E-state index in [1.165, 1.54) is 28.6 Å². The van der Waals surface area contributed by atoms with Crippen molar-refractivity contribution in [3.8, 4) is 0 Å². The summed E-state index contributed by atoms with van der Waals surface area (Å²) >= 11 is 0. The van der Waals surface area contributed by atoms with Crippen molar-refractivity contribution >= 4 is 28.2 Å². The lowest BCUT2D eigenvalue weighted by atomic mass is 9.94. The first-order valence-electron chi connectivity index (χ1n) is 9.92. The fraction of sp³-hybridized carbons (Fsp3) is 0.647. The monoisotopic (exact) mass is 489 g/mol. The summed E-state index contributed by atoms with van der Waals surface area (Å²) in [5.41, 5.74) is 6.44. The molecule has 15 nitrogen and oxygen atoms in total. The van der Waals surface area contributed by atoms with E-state index in [1.807, 2.05) is 0 Å². The van der Waals surface area contributed by atoms with E-state index in [-0.39, 0.29) is 25.7 Å². The van der Waals surface area contributed by atoms with Gasteiger partial charge in [0, 0.05) is 46.8 Å². The fourth-order valence-electron chi connectivity index (χ4n) is 3.92. The van der Waals surface area contributed by atoms with Crippen LogP contribution in [0, 0.1) is 0 Å². The van der Waals surface area contributed by atoms with E-state index in [2.05, 4.69) is 9.38 Å². The molecule has 3 rings (SSSR count). The van der Waals surface area contributed by atoms with Crippen LogP contribution in [0.5, 0.6) is 0 Å². The number of hydrogen-bond donors (Lipinski definition) is 2. The van der Waals surface area contributed by atoms with Crippen LogP contribution in [-0.4, -0.2) is 108 Å². The molecule has 1 fully saturated rings. The highest BCUT2D eigenvalue weighted by molar-refractivity contribution is 7.80. The summed E-state index contributed by atoms with van der Waals surface area (Å²) in [5, 5.41) is 4.88. The average molecular weight is 490 g/mol. The highest BCUT2D eigenvalue weighted by Crippen LogP contribution is 2.46. The number of nitrogens with two attached hydrogens (primary N) is 1. The standard InChI is InChI=1S/C17H27N7O8S/c1-20(2)16(26)15-14-13(11-7-23(15)17(27)24(11)32-33(28,29)30)10(19-22(14)4)8-31-9-12(25)21(3)6-5-18/h11,15H,5-9,18H2,1-4H3,(H,28,29,30). The molecule has 33 heavy (non-hydrogen) atoms. The van der Waals surface area contributed by atoms with Crippen LogP contribution in [0.3, 0.4) is 0 Å². The second-order valence-corrected chi connectivity index (χ2v) is 8.88. The van der Waals surface area contributed by atoms with Gasteiger partial charge in [0.2, 0.25) is 5.91 Å². The number of hydrogen-bond acceptors (Lipinski definition) is 9. The van der Waals surface area contributed by atoms with Crippen molar-refractivity contribution in [1.29, 1.82) is 0 Å². The molecule has 2 aliphatic heterocycles. The minimum atomic E-state index is -5.02. The Hall–Kier alpha value is -2.79. The van der Waals surface area contributed by atoms with Gasteiger partial charge in [0.25, 0.3) is 5.91 Å². The molecule has 0 aliphatic carbocycles. The number of urea groups is 1. The minimum Gasteiger partial charge on any atom is -0.365 e. The number of likely N-dealkylation sites (N-methyl/N-ethyl adjacent to an activating group) is 2. The van der Waals surface area contributed by atoms with Crippen molar-refractivity contribution < 1.29 is 36.4 Å². The number of carbonyl (C=O) groups is 3. The van der Waals surface area contributed by atoms with Gasteiger partial charge in [-0.1, -0.05) is 0 Å². The lowest BCUT2D eigenvalue weighted by Gasteiger charge is -2.32. The highest BCUT2D eigenvalue weighted by atomic mass is 32.3. The summed E-state index contributed by atoms with van der Waals surface area (Å²) in [6.45, 7) is 0.161. The molecule has 16 heteroatoms. The number of fused-ring (bicyclic) bond motifs is 4. The second-order valence-electron chi connectivity index (χ2n) is 7.88. The Morgan fingerprint density at radius 3 is 2.55 bits per heavy atom. The van der Waals surface area contributed by atoms with Crippen molar-refractivity contribution in [2.24, 2.45) is 12.8 Å². The van der Waals surface area contributed by atoms with Gasteiger partial charge < -0.3 is 25.2 Å². The number of ether oxygens (including phenoxy) is 1. The normalized spacial score (nSPS) is 19.6. The van der Waals surface area contributed by atoms with Gasteiger partial charge >= 0.3 is 16.4 Å². The minimum absolute atomic E-state index is 0.0809. The van der Waals surface area contributed by atoms with Crippen LogP contribution >= 0.6 is 0 Å². The SMILES string of the molecule is CN(C)C(=O)C1c2c(c(COCC(=O)N(C)CCN)nn2C)C2CN1C(=O)N2OS(=O)(=O)O. The van der Waals surface area contributed by atoms with Crippen LogP contribution < -0.4 is 5.73 Å². The van der Waals surface area contributed by atoms with Gasteiger partial charge in [-0.15, -0.1) is 4.28 Å². The first-order chi connectivity index (χ1) is 15.4. The Balaban J connectivity index is 1.96. The third-order valence-corrected chi connectivity index (χ3v) is 5.75. The maximum atomic E-state index is 13.0. The Bertz CT molecular complexity index is 1060. The molecule has 0 radical (unpaired) electrons. The highest BCUT2D eigenvalue weighted by Gasteiger charge is 2.55. The summed E-state index contributed by atoms with van der Waals surface area (Å²) in [5.74, 6) is -0.740. The molecule has 0 saturated carbocycles. The molecule has 1 saturated heterocycles. The predicted octanol–water partition coefficient (Wildman–Crippen LogP) is -1.99. The number of carbonyl (C=O) groups excluding carboxylic acids is 3. The van der Waals surface area contributed by atoms with Crippen LogP contribution in [-0.2, 0) is 42.7 Å². The fourth-order valence-corrected chi connectivity index (χ4v) is 4.29. The number of amides is 4. The van der Waals surface area contributed by atoms with E-state index in [1.54, 1.807) is 14.1 Å². The zero-order valence-electron chi connectivity index (χ0n) is 18.7. The molecule has 0 aromatic carbocycles. The van der Waals surface area contributed by atoms with Crippen LogP contribution in [0.15, 0.2) is 0 Å². The van der Waals surface area contributed by atoms with E-state index in [0.717, 1.165) is 4.90 Å². The van der Waals surface area contributed by atoms with E-state index < -0.39 is 34.4 Å². The van der Waals surface area contributed by atoms with Crippen molar-refractivity contribution in [2.45, 2.75) is 18.7 Å². The van der Waals surface area contributed by atoms with Gasteiger partial charge in [-0.2, -0.15) is 18.6 Å². The molecule has 3 N–H and O–H groups in total. The Morgan fingerprint density at radius 2 is 1.97 bits per heavy atom. The lowest BCUT2D eigenvalue weighted by molar-refractivity contribution is -0.135. The number of nitrogens with zero attached hydrogens (tertiary/aromatic N) is 6. The smallest absolute Gasteiger partial charge is 0.365 e. The van der Waals surface area contributed by atoms with Gasteiger partial charge in [-0.3, -0.25) is 18.8 Å². The van der Waals surface area contributed by atoms with Crippen LogP contribution in [0.1, 0.15) is 29.0 Å². The topological polar surface area (TPSA) is 181 Å². The Morgan fingerprint density at radius 1 is 1.30 bits per heavy atom. The second kappa shape index (κ2) is 9.22. The largest absolute Gasteiger partial charge is 0.418 e. The Kier molecular flexibility index (Phi) is 6.94. The maximum Gasteiger partial charge on any atom is 0.418 e. The third-order valence-electron chi connectivity index (χ3n) is 5.40. The van der Waals surface area contributed by atoms with E-state index >= 15 is 0 Å². The van der Waals surface area contributed by atoms with Crippen LogP contribution in [0.4, 0.5) is 4.79 Å². The number of aryl methyl sites for hydroxylation is 1. The third kappa shape index (κ3) is 4.79. The molecule has 184 valence electrons. The predicted molar refractivity (Wildman–Crippen MR) is 110 cm³/mol. The first kappa shape index (κ1) is 24.8. The van der Waals surface area contributed by atoms with Gasteiger partial charge in [-0.25, -0.2) is 4.79 Å². The van der Waals surface area contributed by atoms with E-state index in [9.17, 15) is 22.8 Å². The summed E-state index contributed by atoms with van der Waals surface area (Å²) in [4.78, 5) is 41.8. The number of rotatable bonds is 9. The maximum absolute atomic E-state index is 13.0. The molecule has 2 atom stereocenters. The molecule has 3 heterocycles. The number of aromatic nitrogens is 2. The van der Waals surface area contributed by atoms with Gasteiger partial charge in [0.05, 0.1) is 24.5 Å². The summed E-state index contributed by atoms with van der Waals surface area (Å²) in [6, 6.07) is -2.99. The van der Waals surface area contributed by atoms with Gasteiger partial charge in [0.1, 0.15) is 12.6 Å². The molecule has 4 amide bonds. The van der Waals surface area contributed by atoms with Crippen LogP contribution in [0.25, 0.3) is 0 Å². The molecule has 2 unspecified atom stereocenters. The van der Waals surface area contributed by atoms with E-state index in [4.69, 9.17) is 15.0 Å². The molecule has 2 bridgehead atoms. The quantitative estimate of drug-likeness (QED) is 0.369. The Labute approximate surface area is 190 Å². The molecule has 0 spiro atoms. The van der Waals surface area contributed by atoms with Crippen molar-refractivity contribution in [2.75, 3.05) is 47.4 Å². The summed E-state index contributed by atoms with van der Waals surface area (Å²) < 4.78 is 43.3. The molecule has 1 aromatic rings. The van der Waals surface area contributed by atoms with Gasteiger partial charge in [-0.05, 0) is 0 Å². The molecule has 1 aromatic heterocycles. The summed E-state index contributed by atoms with van der Waals surface area (Å²) in [6.07, 6.45) is 0. The van der Waals surface area contributed by atoms with Crippen molar-refractivity contribution in [3.05, 3.63) is 17.0 Å². The number of hydroxylamine groups is 2. The van der Waals surface area contributed by atoms with E-state index in [0.29, 0.717) is 35.1 Å². The van der Waals surface area contributed by atoms with Gasteiger partial charge in [0.15, 0.2) is 6.04 Å². The zero-order chi connectivity index (χ0) is 24.7. The lowest BCUT2D eigenvalue weighted by Crippen LogP contribution is -2.44. The van der Waals surface area contributed by atoms with Crippen molar-refractivity contribution in [3.63, 3.8) is 0 Å². The zero-order valence-corrected chi connectivity index (χ0v) is 19.5. The molecular weight excluding hydrogens is 462 g/mol. The van der Waals surface area contributed by atoms with Crippen LogP contribution in [0.2, 0.25) is 0 Å². The first-order valence-corrected chi connectivity index (χ1v) is 11.3. The molecule has 2 aliphatic rings. The summed E-state index contributed by atoms with van der Waals surface area (Å²) in [7, 11) is 1.17. The average Bonchev–Trinajstić information content (AvgIpc) is 3.17. The molecular formula is C17H27N7O8S. The van der Waals surface area contributed by atoms with Crippen molar-refractivity contribution in [1.82, 2.24) is 29.5 Å².